The van der Waals surface area contributed by atoms with Gasteiger partial charge in [-0.25, -0.2) is 9.98 Å². The lowest BCUT2D eigenvalue weighted by Gasteiger charge is -2.23. The van der Waals surface area contributed by atoms with E-state index in [1.54, 1.807) is 6.21 Å². The number of nitrogens with zero attached hydrogens (tertiary/aromatic N) is 4. The van der Waals surface area contributed by atoms with Crippen molar-refractivity contribution in [3.8, 4) is 0 Å². The number of allylic oxidation sites excluding steroid dienone is 2. The molecular weight excluding hydrogens is 590 g/mol. The number of likely N-dealkylation sites (N-methyl/N-ethyl adjacent to an activating group) is 1. The number of rotatable bonds is 4. The van der Waals surface area contributed by atoms with Crippen LogP contribution in [0.5, 0.6) is 0 Å². The van der Waals surface area contributed by atoms with Crippen molar-refractivity contribution < 1.29 is 0 Å². The van der Waals surface area contributed by atoms with Crippen molar-refractivity contribution >= 4 is 66.2 Å². The summed E-state index contributed by atoms with van der Waals surface area (Å²) in [6.07, 6.45) is 3.84. The van der Waals surface area contributed by atoms with E-state index in [9.17, 15) is 0 Å². The van der Waals surface area contributed by atoms with E-state index in [0.717, 1.165) is 31.1 Å². The first-order chi connectivity index (χ1) is 17.8. The van der Waals surface area contributed by atoms with Crippen LogP contribution in [0, 0.1) is 6.92 Å². The first kappa shape index (κ1) is 25.4. The summed E-state index contributed by atoms with van der Waals surface area (Å²) in [5.41, 5.74) is 10.2. The van der Waals surface area contributed by atoms with Gasteiger partial charge in [0.05, 0.1) is 11.2 Å². The molecule has 5 rings (SSSR count). The maximum absolute atomic E-state index is 4.93. The number of aryl methyl sites for hydroxylation is 1. The minimum atomic E-state index is -0.119. The number of aliphatic imine (C=N–C) groups is 1. The van der Waals surface area contributed by atoms with Crippen LogP contribution in [-0.2, 0) is 5.41 Å². The summed E-state index contributed by atoms with van der Waals surface area (Å²) < 4.78 is 1.77. The van der Waals surface area contributed by atoms with Crippen molar-refractivity contribution in [3.05, 3.63) is 110 Å². The quantitative estimate of drug-likeness (QED) is 0.143. The minimum absolute atomic E-state index is 0.119. The van der Waals surface area contributed by atoms with E-state index in [1.807, 2.05) is 55.5 Å². The highest BCUT2D eigenvalue weighted by molar-refractivity contribution is 9.11. The van der Waals surface area contributed by atoms with Gasteiger partial charge >= 0.3 is 0 Å². The molecule has 0 aliphatic carbocycles. The summed E-state index contributed by atoms with van der Waals surface area (Å²) in [7, 11) is 2.10. The average Bonchev–Trinajstić information content (AvgIpc) is 3.07. The fraction of sp³-hybridized carbons (Fsp3) is 0.167. The second-order valence-corrected chi connectivity index (χ2v) is 11.3. The standard InChI is InChI=1S/C30H27Br2N5/c1-19-17-22(31)28(23(32)18-19)35-29(25-14-13-20-9-5-7-11-24(20)34-25)36-33-16-15-27-30(2,3)21-10-6-8-12-26(21)37(27)4/h5-18H,1-4H3,(H,35,36)/b27-15-,33-16+. The molecule has 3 aromatic carbocycles. The number of pyridine rings is 1. The number of hydrogen-bond acceptors (Lipinski definition) is 4. The number of hydrazone groups is 1. The third kappa shape index (κ3) is 4.98. The lowest BCUT2D eigenvalue weighted by Crippen LogP contribution is -2.23. The Kier molecular flexibility index (Phi) is 7.01. The van der Waals surface area contributed by atoms with Crippen LogP contribution in [0.1, 0.15) is 30.7 Å². The fourth-order valence-corrected chi connectivity index (χ4v) is 6.35. The first-order valence-electron chi connectivity index (χ1n) is 12.0. The smallest absolute Gasteiger partial charge is 0.173 e. The van der Waals surface area contributed by atoms with E-state index < -0.39 is 0 Å². The number of anilines is 1. The van der Waals surface area contributed by atoms with Gasteiger partial charge in [0.2, 0.25) is 0 Å². The van der Waals surface area contributed by atoms with Crippen LogP contribution in [-0.4, -0.2) is 24.1 Å². The molecule has 1 aliphatic rings. The Hall–Kier alpha value is -3.29. The van der Waals surface area contributed by atoms with Gasteiger partial charge in [0.25, 0.3) is 0 Å². The Bertz CT molecular complexity index is 1560. The second kappa shape index (κ2) is 10.2. The highest BCUT2D eigenvalue weighted by Crippen LogP contribution is 2.46. The summed E-state index contributed by atoms with van der Waals surface area (Å²) in [6, 6.07) is 24.6. The number of aromatic nitrogens is 1. The number of nitrogens with one attached hydrogen (secondary N) is 1. The number of para-hydroxylation sites is 2. The van der Waals surface area contributed by atoms with Crippen LogP contribution in [0.15, 0.2) is 104 Å². The van der Waals surface area contributed by atoms with E-state index >= 15 is 0 Å². The molecule has 4 aromatic rings. The molecule has 0 atom stereocenters. The molecule has 0 bridgehead atoms. The summed E-state index contributed by atoms with van der Waals surface area (Å²) in [5, 5.41) is 5.62. The first-order valence-corrected chi connectivity index (χ1v) is 13.6. The number of amidine groups is 1. The molecule has 0 unspecified atom stereocenters. The zero-order valence-electron chi connectivity index (χ0n) is 21.1. The Morgan fingerprint density at radius 2 is 1.68 bits per heavy atom. The highest BCUT2D eigenvalue weighted by atomic mass is 79.9. The van der Waals surface area contributed by atoms with Crippen LogP contribution in [0.2, 0.25) is 0 Å². The Morgan fingerprint density at radius 1 is 0.973 bits per heavy atom. The normalized spacial score (nSPS) is 16.1. The molecule has 0 fully saturated rings. The van der Waals surface area contributed by atoms with Gasteiger partial charge in [-0.1, -0.05) is 56.3 Å². The van der Waals surface area contributed by atoms with E-state index in [0.29, 0.717) is 11.5 Å². The molecule has 7 heteroatoms. The Balaban J connectivity index is 1.51. The molecule has 186 valence electrons. The summed E-state index contributed by atoms with van der Waals surface area (Å²) in [4.78, 5) is 12.0. The Morgan fingerprint density at radius 3 is 2.43 bits per heavy atom. The molecule has 2 heterocycles. The number of fused-ring (bicyclic) bond motifs is 2. The van der Waals surface area contributed by atoms with Crippen molar-refractivity contribution in [2.24, 2.45) is 10.1 Å². The van der Waals surface area contributed by atoms with Crippen LogP contribution < -0.4 is 10.3 Å². The number of halogens is 2. The molecule has 1 N–H and O–H groups in total. The van der Waals surface area contributed by atoms with Gasteiger partial charge < -0.3 is 4.90 Å². The van der Waals surface area contributed by atoms with E-state index in [1.165, 1.54) is 16.9 Å². The molecule has 0 saturated carbocycles. The van der Waals surface area contributed by atoms with Crippen molar-refractivity contribution in [1.82, 2.24) is 10.4 Å². The zero-order valence-corrected chi connectivity index (χ0v) is 24.3. The van der Waals surface area contributed by atoms with Crippen LogP contribution in [0.4, 0.5) is 11.4 Å². The lowest BCUT2D eigenvalue weighted by molar-refractivity contribution is 0.641. The van der Waals surface area contributed by atoms with Crippen LogP contribution >= 0.6 is 31.9 Å². The van der Waals surface area contributed by atoms with Gasteiger partial charge in [-0.05, 0) is 86.3 Å². The average molecular weight is 617 g/mol. The van der Waals surface area contributed by atoms with Gasteiger partial charge in [0.1, 0.15) is 5.69 Å². The molecule has 1 aliphatic heterocycles. The molecular formula is C30H27Br2N5. The maximum Gasteiger partial charge on any atom is 0.173 e. The van der Waals surface area contributed by atoms with E-state index in [-0.39, 0.29) is 5.41 Å². The molecule has 0 spiro atoms. The summed E-state index contributed by atoms with van der Waals surface area (Å²) >= 11 is 7.32. The maximum atomic E-state index is 4.93. The van der Waals surface area contributed by atoms with Crippen LogP contribution in [0.25, 0.3) is 10.9 Å². The summed E-state index contributed by atoms with van der Waals surface area (Å²) in [6.45, 7) is 6.52. The number of benzene rings is 3. The fourth-order valence-electron chi connectivity index (χ4n) is 4.76. The van der Waals surface area contributed by atoms with E-state index in [4.69, 9.17) is 9.98 Å². The SMILES string of the molecule is Cc1cc(Br)c(N=C(N/N=C/C=C2\N(C)c3ccccc3C2(C)C)c2ccc3ccccc3n2)c(Br)c1. The molecule has 0 radical (unpaired) electrons. The highest BCUT2D eigenvalue weighted by Gasteiger charge is 2.37. The van der Waals surface area contributed by atoms with Crippen molar-refractivity contribution in [1.29, 1.82) is 0 Å². The number of hydrogen-bond donors (Lipinski definition) is 1. The Labute approximate surface area is 234 Å². The molecule has 0 amide bonds. The third-order valence-corrected chi connectivity index (χ3v) is 7.85. The minimum Gasteiger partial charge on any atom is -0.347 e. The van der Waals surface area contributed by atoms with Crippen molar-refractivity contribution in [3.63, 3.8) is 0 Å². The van der Waals surface area contributed by atoms with Gasteiger partial charge in [-0.3, -0.25) is 5.43 Å². The van der Waals surface area contributed by atoms with Crippen molar-refractivity contribution in [2.45, 2.75) is 26.2 Å². The third-order valence-electron chi connectivity index (χ3n) is 6.64. The van der Waals surface area contributed by atoms with E-state index in [2.05, 4.69) is 98.5 Å². The predicted molar refractivity (Wildman–Crippen MR) is 162 cm³/mol. The monoisotopic (exact) mass is 615 g/mol. The largest absolute Gasteiger partial charge is 0.347 e. The van der Waals surface area contributed by atoms with Gasteiger partial charge in [-0.2, -0.15) is 5.10 Å². The van der Waals surface area contributed by atoms with Gasteiger partial charge in [0.15, 0.2) is 5.84 Å². The summed E-state index contributed by atoms with van der Waals surface area (Å²) in [5.74, 6) is 0.549. The van der Waals surface area contributed by atoms with Crippen molar-refractivity contribution in [2.75, 3.05) is 11.9 Å². The molecule has 0 saturated heterocycles. The molecule has 37 heavy (non-hydrogen) atoms. The predicted octanol–water partition coefficient (Wildman–Crippen LogP) is 8.03. The lowest BCUT2D eigenvalue weighted by atomic mass is 9.84. The van der Waals surface area contributed by atoms with Gasteiger partial charge in [-0.15, -0.1) is 0 Å². The molecule has 1 aromatic heterocycles. The van der Waals surface area contributed by atoms with Crippen LogP contribution in [0.3, 0.4) is 0 Å². The molecule has 5 nitrogen and oxygen atoms in total. The second-order valence-electron chi connectivity index (χ2n) is 9.57. The zero-order chi connectivity index (χ0) is 26.2. The van der Waals surface area contributed by atoms with Gasteiger partial charge in [0, 0.05) is 44.4 Å². The topological polar surface area (TPSA) is 52.9 Å².